The average molecular weight is 316 g/mol. The minimum atomic E-state index is -0.0715. The van der Waals surface area contributed by atoms with Gasteiger partial charge in [-0.05, 0) is 37.1 Å². The summed E-state index contributed by atoms with van der Waals surface area (Å²) in [7, 11) is 0. The molecule has 0 spiro atoms. The molecule has 0 atom stereocenters. The minimum Gasteiger partial charge on any atom is -0.489 e. The lowest BCUT2D eigenvalue weighted by Crippen LogP contribution is -2.04. The number of aliphatic hydroxyl groups excluding tert-OH is 1. The molecule has 0 bridgehead atoms. The van der Waals surface area contributed by atoms with E-state index in [1.54, 1.807) is 0 Å². The van der Waals surface area contributed by atoms with Crippen LogP contribution in [-0.4, -0.2) is 10.2 Å². The number of rotatable bonds is 5. The fraction of sp³-hybridized carbons (Fsp3) is 0.278. The molecule has 0 unspecified atom stereocenters. The third-order valence-corrected chi connectivity index (χ3v) is 4.25. The highest BCUT2D eigenvalue weighted by Crippen LogP contribution is 2.28. The Morgan fingerprint density at radius 1 is 1.23 bits per heavy atom. The number of carbonyl (C=O) groups excluding carboxylic acids is 1. The zero-order valence-corrected chi connectivity index (χ0v) is 13.9. The molecule has 0 aliphatic heterocycles. The van der Waals surface area contributed by atoms with E-state index in [4.69, 9.17) is 4.74 Å². The SMILES string of the molecule is CC(=O)Sc1cccc(CO)c1COc1ccc(C)cc1C. The Balaban J connectivity index is 2.25. The van der Waals surface area contributed by atoms with Gasteiger partial charge < -0.3 is 9.84 Å². The second kappa shape index (κ2) is 7.47. The van der Waals surface area contributed by atoms with Crippen molar-refractivity contribution in [1.29, 1.82) is 0 Å². The van der Waals surface area contributed by atoms with Crippen LogP contribution in [0.25, 0.3) is 0 Å². The lowest BCUT2D eigenvalue weighted by atomic mass is 10.1. The molecule has 0 amide bonds. The van der Waals surface area contributed by atoms with Crippen LogP contribution in [0, 0.1) is 13.8 Å². The van der Waals surface area contributed by atoms with Gasteiger partial charge in [-0.3, -0.25) is 4.79 Å². The van der Waals surface area contributed by atoms with Crippen LogP contribution in [0.5, 0.6) is 5.75 Å². The Morgan fingerprint density at radius 2 is 2.00 bits per heavy atom. The predicted octanol–water partition coefficient (Wildman–Crippen LogP) is 4.01. The third-order valence-electron chi connectivity index (χ3n) is 3.36. The largest absolute Gasteiger partial charge is 0.489 e. The van der Waals surface area contributed by atoms with Gasteiger partial charge in [0.25, 0.3) is 0 Å². The van der Waals surface area contributed by atoms with Crippen LogP contribution < -0.4 is 4.74 Å². The molecule has 2 rings (SSSR count). The second-order valence-corrected chi connectivity index (χ2v) is 6.42. The quantitative estimate of drug-likeness (QED) is 0.847. The number of benzene rings is 2. The van der Waals surface area contributed by atoms with Crippen molar-refractivity contribution in [3.63, 3.8) is 0 Å². The maximum atomic E-state index is 11.4. The first-order chi connectivity index (χ1) is 10.5. The number of thioether (sulfide) groups is 1. The van der Waals surface area contributed by atoms with Crippen LogP contribution in [-0.2, 0) is 18.0 Å². The summed E-state index contributed by atoms with van der Waals surface area (Å²) < 4.78 is 5.91. The maximum absolute atomic E-state index is 11.4. The second-order valence-electron chi connectivity index (χ2n) is 5.20. The lowest BCUT2D eigenvalue weighted by molar-refractivity contribution is -0.109. The van der Waals surface area contributed by atoms with E-state index in [-0.39, 0.29) is 11.7 Å². The van der Waals surface area contributed by atoms with E-state index in [0.717, 1.165) is 27.3 Å². The summed E-state index contributed by atoms with van der Waals surface area (Å²) in [6.45, 7) is 5.84. The molecule has 4 heteroatoms. The van der Waals surface area contributed by atoms with Crippen LogP contribution in [0.1, 0.15) is 29.2 Å². The van der Waals surface area contributed by atoms with Gasteiger partial charge in [-0.1, -0.05) is 41.6 Å². The summed E-state index contributed by atoms with van der Waals surface area (Å²) in [5.74, 6) is 0.817. The van der Waals surface area contributed by atoms with E-state index in [1.807, 2.05) is 44.2 Å². The maximum Gasteiger partial charge on any atom is 0.190 e. The highest BCUT2D eigenvalue weighted by Gasteiger charge is 2.12. The van der Waals surface area contributed by atoms with Gasteiger partial charge in [0.15, 0.2) is 5.12 Å². The van der Waals surface area contributed by atoms with Gasteiger partial charge in [-0.25, -0.2) is 0 Å². The molecule has 0 radical (unpaired) electrons. The molecule has 0 fully saturated rings. The number of ether oxygens (including phenoxy) is 1. The fourth-order valence-corrected chi connectivity index (χ4v) is 3.05. The first-order valence-electron chi connectivity index (χ1n) is 7.11. The molecule has 2 aromatic carbocycles. The van der Waals surface area contributed by atoms with E-state index < -0.39 is 0 Å². The molecule has 116 valence electrons. The number of aryl methyl sites for hydroxylation is 2. The zero-order valence-electron chi connectivity index (χ0n) is 13.1. The van der Waals surface area contributed by atoms with Gasteiger partial charge in [0.1, 0.15) is 12.4 Å². The summed E-state index contributed by atoms with van der Waals surface area (Å²) in [5.41, 5.74) is 3.91. The van der Waals surface area contributed by atoms with Crippen molar-refractivity contribution in [2.24, 2.45) is 0 Å². The predicted molar refractivity (Wildman–Crippen MR) is 89.2 cm³/mol. The van der Waals surface area contributed by atoms with Crippen molar-refractivity contribution in [2.45, 2.75) is 38.9 Å². The van der Waals surface area contributed by atoms with Gasteiger partial charge >= 0.3 is 0 Å². The molecule has 3 nitrogen and oxygen atoms in total. The van der Waals surface area contributed by atoms with Gasteiger partial charge in [-0.15, -0.1) is 0 Å². The van der Waals surface area contributed by atoms with Crippen molar-refractivity contribution >= 4 is 16.9 Å². The summed E-state index contributed by atoms with van der Waals surface area (Å²) in [6, 6.07) is 11.6. The molecule has 1 N–H and O–H groups in total. The van der Waals surface area contributed by atoms with Gasteiger partial charge in [-0.2, -0.15) is 0 Å². The van der Waals surface area contributed by atoms with Crippen LogP contribution in [0.4, 0.5) is 0 Å². The number of hydrogen-bond donors (Lipinski definition) is 1. The molecule has 0 heterocycles. The van der Waals surface area contributed by atoms with Crippen LogP contribution in [0.2, 0.25) is 0 Å². The van der Waals surface area contributed by atoms with Crippen molar-refractivity contribution in [1.82, 2.24) is 0 Å². The zero-order chi connectivity index (χ0) is 16.1. The van der Waals surface area contributed by atoms with Gasteiger partial charge in [0.05, 0.1) is 6.61 Å². The lowest BCUT2D eigenvalue weighted by Gasteiger charge is -2.15. The fourth-order valence-electron chi connectivity index (χ4n) is 2.28. The van der Waals surface area contributed by atoms with E-state index in [0.29, 0.717) is 6.61 Å². The van der Waals surface area contributed by atoms with E-state index in [1.165, 1.54) is 24.2 Å². The Hall–Kier alpha value is -1.78. The van der Waals surface area contributed by atoms with E-state index >= 15 is 0 Å². The molecule has 0 aromatic heterocycles. The van der Waals surface area contributed by atoms with E-state index in [9.17, 15) is 9.90 Å². The smallest absolute Gasteiger partial charge is 0.190 e. The number of aliphatic hydroxyl groups is 1. The standard InChI is InChI=1S/C18H20O3S/c1-12-7-8-17(13(2)9-12)21-11-16-15(10-19)5-4-6-18(16)22-14(3)20/h4-9,19H,10-11H2,1-3H3. The Bertz CT molecular complexity index is 680. The number of carbonyl (C=O) groups is 1. The topological polar surface area (TPSA) is 46.5 Å². The highest BCUT2D eigenvalue weighted by molar-refractivity contribution is 8.13. The average Bonchev–Trinajstić information content (AvgIpc) is 2.46. The third kappa shape index (κ3) is 4.12. The number of hydrogen-bond acceptors (Lipinski definition) is 4. The molecular formula is C18H20O3S. The van der Waals surface area contributed by atoms with Crippen molar-refractivity contribution in [3.8, 4) is 5.75 Å². The van der Waals surface area contributed by atoms with Crippen LogP contribution in [0.3, 0.4) is 0 Å². The Morgan fingerprint density at radius 3 is 2.64 bits per heavy atom. The van der Waals surface area contributed by atoms with Crippen LogP contribution >= 0.6 is 11.8 Å². The molecule has 2 aromatic rings. The highest BCUT2D eigenvalue weighted by atomic mass is 32.2. The molecule has 0 saturated carbocycles. The van der Waals surface area contributed by atoms with Gasteiger partial charge in [0, 0.05) is 17.4 Å². The first kappa shape index (κ1) is 16.6. The Kier molecular flexibility index (Phi) is 5.63. The monoisotopic (exact) mass is 316 g/mol. The summed E-state index contributed by atoms with van der Waals surface area (Å²) >= 11 is 1.17. The van der Waals surface area contributed by atoms with Crippen molar-refractivity contribution in [3.05, 3.63) is 58.7 Å². The molecule has 0 aliphatic rings. The Labute approximate surface area is 135 Å². The molecule has 22 heavy (non-hydrogen) atoms. The summed E-state index contributed by atoms with van der Waals surface area (Å²) in [4.78, 5) is 12.2. The molecule has 0 saturated heterocycles. The van der Waals surface area contributed by atoms with E-state index in [2.05, 4.69) is 6.07 Å². The first-order valence-corrected chi connectivity index (χ1v) is 7.93. The summed E-state index contributed by atoms with van der Waals surface area (Å²) in [6.07, 6.45) is 0. The molecule has 0 aliphatic carbocycles. The van der Waals surface area contributed by atoms with Crippen molar-refractivity contribution in [2.75, 3.05) is 0 Å². The van der Waals surface area contributed by atoms with Crippen molar-refractivity contribution < 1.29 is 14.6 Å². The normalized spacial score (nSPS) is 10.5. The minimum absolute atomic E-state index is 0.0165. The summed E-state index contributed by atoms with van der Waals surface area (Å²) in [5, 5.41) is 9.53. The van der Waals surface area contributed by atoms with Crippen LogP contribution in [0.15, 0.2) is 41.3 Å². The van der Waals surface area contributed by atoms with Gasteiger partial charge in [0.2, 0.25) is 0 Å². The molecular weight excluding hydrogens is 296 g/mol.